The number of rotatable bonds is 3. The third kappa shape index (κ3) is 4.04. The number of nitrogens with one attached hydrogen (secondary N) is 3. The van der Waals surface area contributed by atoms with Crippen molar-refractivity contribution in [3.8, 4) is 11.3 Å². The van der Waals surface area contributed by atoms with Gasteiger partial charge in [0.25, 0.3) is 17.4 Å². The Hall–Kier alpha value is -2.71. The van der Waals surface area contributed by atoms with E-state index in [1.54, 1.807) is 18.2 Å². The molecule has 0 fully saturated rings. The zero-order valence-corrected chi connectivity index (χ0v) is 15.1. The van der Waals surface area contributed by atoms with E-state index in [0.29, 0.717) is 10.6 Å². The van der Waals surface area contributed by atoms with Gasteiger partial charge in [0.1, 0.15) is 5.56 Å². The predicted octanol–water partition coefficient (Wildman–Crippen LogP) is 2.94. The highest BCUT2D eigenvalue weighted by Crippen LogP contribution is 2.21. The standard InChI is InChI=1S/C17H12BrN3O3S/c18-14-9-8-13(25-14)17(24)21-20-16(23)11-6-7-12(19-15(11)22)10-4-2-1-3-5-10/h1-9H,(H,19,22)(H,20,23)(H,21,24). The predicted molar refractivity (Wildman–Crippen MR) is 99.5 cm³/mol. The lowest BCUT2D eigenvalue weighted by atomic mass is 10.1. The molecule has 0 atom stereocenters. The lowest BCUT2D eigenvalue weighted by Crippen LogP contribution is -2.43. The molecule has 3 aromatic rings. The van der Waals surface area contributed by atoms with Gasteiger partial charge >= 0.3 is 0 Å². The van der Waals surface area contributed by atoms with Gasteiger partial charge in [-0.05, 0) is 45.8 Å². The van der Waals surface area contributed by atoms with Gasteiger partial charge in [-0.25, -0.2) is 0 Å². The zero-order valence-electron chi connectivity index (χ0n) is 12.7. The highest BCUT2D eigenvalue weighted by molar-refractivity contribution is 9.11. The lowest BCUT2D eigenvalue weighted by Gasteiger charge is -2.07. The van der Waals surface area contributed by atoms with Crippen molar-refractivity contribution in [1.29, 1.82) is 0 Å². The summed E-state index contributed by atoms with van der Waals surface area (Å²) in [6.07, 6.45) is 0. The second kappa shape index (κ2) is 7.45. The Kier molecular flexibility index (Phi) is 5.11. The largest absolute Gasteiger partial charge is 0.321 e. The van der Waals surface area contributed by atoms with E-state index in [2.05, 4.69) is 31.8 Å². The quantitative estimate of drug-likeness (QED) is 0.572. The van der Waals surface area contributed by atoms with Gasteiger partial charge in [0.05, 0.1) is 8.66 Å². The monoisotopic (exact) mass is 417 g/mol. The number of benzene rings is 1. The first-order valence-electron chi connectivity index (χ1n) is 7.19. The van der Waals surface area contributed by atoms with Crippen LogP contribution in [0.15, 0.2) is 63.2 Å². The summed E-state index contributed by atoms with van der Waals surface area (Å²) >= 11 is 4.49. The van der Waals surface area contributed by atoms with E-state index >= 15 is 0 Å². The third-order valence-electron chi connectivity index (χ3n) is 3.33. The van der Waals surface area contributed by atoms with Crippen molar-refractivity contribution in [3.05, 3.63) is 79.2 Å². The number of carbonyl (C=O) groups is 2. The fourth-order valence-electron chi connectivity index (χ4n) is 2.12. The summed E-state index contributed by atoms with van der Waals surface area (Å²) in [7, 11) is 0. The maximum Gasteiger partial charge on any atom is 0.279 e. The molecule has 0 aliphatic rings. The van der Waals surface area contributed by atoms with Crippen LogP contribution in [0, 0.1) is 0 Å². The first kappa shape index (κ1) is 17.1. The van der Waals surface area contributed by atoms with Gasteiger partial charge in [-0.15, -0.1) is 11.3 Å². The molecule has 1 aromatic carbocycles. The van der Waals surface area contributed by atoms with Gasteiger partial charge in [-0.1, -0.05) is 30.3 Å². The Morgan fingerprint density at radius 3 is 2.28 bits per heavy atom. The normalized spacial score (nSPS) is 10.3. The molecule has 0 radical (unpaired) electrons. The number of amides is 2. The first-order valence-corrected chi connectivity index (χ1v) is 8.80. The SMILES string of the molecule is O=C(NNC(=O)c1ccc(-c2ccccc2)[nH]c1=O)c1ccc(Br)s1. The number of carbonyl (C=O) groups excluding carboxylic acids is 2. The second-order valence-corrected chi connectivity index (χ2v) is 7.46. The number of aromatic amines is 1. The van der Waals surface area contributed by atoms with Crippen LogP contribution in [0.4, 0.5) is 0 Å². The Balaban J connectivity index is 1.70. The topological polar surface area (TPSA) is 91.1 Å². The van der Waals surface area contributed by atoms with E-state index in [9.17, 15) is 14.4 Å². The molecule has 0 unspecified atom stereocenters. The molecule has 3 rings (SSSR count). The van der Waals surface area contributed by atoms with E-state index in [1.807, 2.05) is 30.3 Å². The van der Waals surface area contributed by atoms with Crippen LogP contribution in [0.5, 0.6) is 0 Å². The fourth-order valence-corrected chi connectivity index (χ4v) is 3.40. The summed E-state index contributed by atoms with van der Waals surface area (Å²) in [5.41, 5.74) is 5.34. The van der Waals surface area contributed by atoms with Crippen LogP contribution in [-0.4, -0.2) is 16.8 Å². The van der Waals surface area contributed by atoms with E-state index < -0.39 is 17.4 Å². The number of thiophene rings is 1. The van der Waals surface area contributed by atoms with Crippen LogP contribution < -0.4 is 16.4 Å². The lowest BCUT2D eigenvalue weighted by molar-refractivity contribution is 0.0848. The Bertz CT molecular complexity index is 982. The molecule has 8 heteroatoms. The molecule has 0 saturated heterocycles. The van der Waals surface area contributed by atoms with Crippen molar-refractivity contribution in [2.75, 3.05) is 0 Å². The zero-order chi connectivity index (χ0) is 17.8. The average molecular weight is 418 g/mol. The summed E-state index contributed by atoms with van der Waals surface area (Å²) in [5, 5.41) is 0. The molecule has 126 valence electrons. The van der Waals surface area contributed by atoms with Gasteiger partial charge in [0, 0.05) is 5.69 Å². The van der Waals surface area contributed by atoms with Gasteiger partial charge in [-0.3, -0.25) is 25.2 Å². The maximum atomic E-state index is 12.1. The summed E-state index contributed by atoms with van der Waals surface area (Å²) in [5.74, 6) is -1.15. The second-order valence-electron chi connectivity index (χ2n) is 4.99. The number of hydrogen-bond donors (Lipinski definition) is 3. The molecule has 0 bridgehead atoms. The number of aromatic nitrogens is 1. The van der Waals surface area contributed by atoms with Crippen molar-refractivity contribution >= 4 is 39.1 Å². The van der Waals surface area contributed by atoms with Crippen LogP contribution >= 0.6 is 27.3 Å². The van der Waals surface area contributed by atoms with Gasteiger partial charge in [-0.2, -0.15) is 0 Å². The van der Waals surface area contributed by atoms with Crippen LogP contribution in [0.25, 0.3) is 11.3 Å². The minimum atomic E-state index is -0.690. The van der Waals surface area contributed by atoms with Crippen molar-refractivity contribution in [3.63, 3.8) is 0 Å². The minimum Gasteiger partial charge on any atom is -0.321 e. The molecular weight excluding hydrogens is 406 g/mol. The smallest absolute Gasteiger partial charge is 0.279 e. The van der Waals surface area contributed by atoms with Crippen molar-refractivity contribution in [2.24, 2.45) is 0 Å². The number of hydrogen-bond acceptors (Lipinski definition) is 4. The molecule has 6 nitrogen and oxygen atoms in total. The van der Waals surface area contributed by atoms with Crippen LogP contribution in [0.3, 0.4) is 0 Å². The number of hydrazine groups is 1. The Morgan fingerprint density at radius 2 is 1.64 bits per heavy atom. The molecule has 2 heterocycles. The highest BCUT2D eigenvalue weighted by Gasteiger charge is 2.14. The Morgan fingerprint density at radius 1 is 0.920 bits per heavy atom. The van der Waals surface area contributed by atoms with Gasteiger partial charge in [0.2, 0.25) is 0 Å². The van der Waals surface area contributed by atoms with E-state index in [4.69, 9.17) is 0 Å². The number of halogens is 1. The maximum absolute atomic E-state index is 12.1. The van der Waals surface area contributed by atoms with Crippen molar-refractivity contribution in [2.45, 2.75) is 0 Å². The highest BCUT2D eigenvalue weighted by atomic mass is 79.9. The molecule has 0 aliphatic heterocycles. The minimum absolute atomic E-state index is 0.0904. The number of pyridine rings is 1. The van der Waals surface area contributed by atoms with Crippen molar-refractivity contribution < 1.29 is 9.59 Å². The third-order valence-corrected chi connectivity index (χ3v) is 4.95. The van der Waals surface area contributed by atoms with E-state index in [1.165, 1.54) is 17.4 Å². The van der Waals surface area contributed by atoms with E-state index in [0.717, 1.165) is 9.35 Å². The molecule has 0 aliphatic carbocycles. The average Bonchev–Trinajstić information content (AvgIpc) is 3.06. The van der Waals surface area contributed by atoms with Crippen molar-refractivity contribution in [1.82, 2.24) is 15.8 Å². The molecule has 2 amide bonds. The summed E-state index contributed by atoms with van der Waals surface area (Å²) in [6, 6.07) is 15.7. The molecular formula is C17H12BrN3O3S. The summed E-state index contributed by atoms with van der Waals surface area (Å²) < 4.78 is 0.803. The molecule has 0 spiro atoms. The fraction of sp³-hybridized carbons (Fsp3) is 0. The van der Waals surface area contributed by atoms with E-state index in [-0.39, 0.29) is 5.56 Å². The molecule has 2 aromatic heterocycles. The van der Waals surface area contributed by atoms with Crippen LogP contribution in [0.1, 0.15) is 20.0 Å². The first-order chi connectivity index (χ1) is 12.0. The van der Waals surface area contributed by atoms with Gasteiger partial charge < -0.3 is 4.98 Å². The molecule has 3 N–H and O–H groups in total. The summed E-state index contributed by atoms with van der Waals surface area (Å²) in [6.45, 7) is 0. The van der Waals surface area contributed by atoms with Gasteiger partial charge in [0.15, 0.2) is 0 Å². The summed E-state index contributed by atoms with van der Waals surface area (Å²) in [4.78, 5) is 39.2. The molecule has 0 saturated carbocycles. The Labute approximate surface area is 155 Å². The van der Waals surface area contributed by atoms with Crippen LogP contribution in [-0.2, 0) is 0 Å². The molecule has 25 heavy (non-hydrogen) atoms. The number of H-pyrrole nitrogens is 1. The van der Waals surface area contributed by atoms with Crippen LogP contribution in [0.2, 0.25) is 0 Å².